The molecule has 4 rings (SSSR count). The monoisotopic (exact) mass is 456 g/mol. The molecule has 0 aliphatic carbocycles. The van der Waals surface area contributed by atoms with Gasteiger partial charge in [0.1, 0.15) is 5.70 Å². The third-order valence-electron chi connectivity index (χ3n) is 5.02. The first-order valence-corrected chi connectivity index (χ1v) is 9.93. The van der Waals surface area contributed by atoms with Crippen LogP contribution >= 0.6 is 11.6 Å². The molecule has 1 N–H and O–H groups in total. The summed E-state index contributed by atoms with van der Waals surface area (Å²) in [7, 11) is 0. The van der Waals surface area contributed by atoms with Crippen LogP contribution in [0.3, 0.4) is 0 Å². The molecule has 0 bridgehead atoms. The topological polar surface area (TPSA) is 49.4 Å². The Kier molecular flexibility index (Phi) is 5.52. The summed E-state index contributed by atoms with van der Waals surface area (Å²) in [5, 5.41) is 3.12. The van der Waals surface area contributed by atoms with Crippen molar-refractivity contribution in [3.8, 4) is 0 Å². The van der Waals surface area contributed by atoms with Gasteiger partial charge in [0.05, 0.1) is 16.8 Å². The summed E-state index contributed by atoms with van der Waals surface area (Å²) < 4.78 is 39.4. The summed E-state index contributed by atoms with van der Waals surface area (Å²) in [5.74, 6) is -1.29. The lowest BCUT2D eigenvalue weighted by Crippen LogP contribution is -2.32. The van der Waals surface area contributed by atoms with Gasteiger partial charge in [-0.2, -0.15) is 13.2 Å². The minimum atomic E-state index is -4.55. The van der Waals surface area contributed by atoms with E-state index in [0.29, 0.717) is 10.6 Å². The molecular formula is C24H16ClF3N2O2. The lowest BCUT2D eigenvalue weighted by Gasteiger charge is -2.16. The Bertz CT molecular complexity index is 1250. The summed E-state index contributed by atoms with van der Waals surface area (Å²) in [4.78, 5) is 27.6. The molecule has 8 heteroatoms. The third-order valence-corrected chi connectivity index (χ3v) is 5.43. The maximum atomic E-state index is 13.3. The van der Waals surface area contributed by atoms with Gasteiger partial charge in [-0.1, -0.05) is 54.1 Å². The van der Waals surface area contributed by atoms with Gasteiger partial charge in [0.25, 0.3) is 11.8 Å². The maximum absolute atomic E-state index is 13.3. The van der Waals surface area contributed by atoms with E-state index in [-0.39, 0.29) is 22.6 Å². The van der Waals surface area contributed by atoms with Crippen LogP contribution in [0, 0.1) is 6.92 Å². The number of nitrogens with one attached hydrogen (secondary N) is 1. The number of rotatable bonds is 4. The van der Waals surface area contributed by atoms with E-state index < -0.39 is 23.6 Å². The maximum Gasteiger partial charge on any atom is 0.416 e. The number of nitrogens with zero attached hydrogens (tertiary/aromatic N) is 1. The zero-order valence-electron chi connectivity index (χ0n) is 16.7. The summed E-state index contributed by atoms with van der Waals surface area (Å²) in [5.41, 5.74) is 0.609. The van der Waals surface area contributed by atoms with Crippen LogP contribution in [0.1, 0.15) is 16.7 Å². The molecule has 1 heterocycles. The van der Waals surface area contributed by atoms with Gasteiger partial charge in [-0.15, -0.1) is 0 Å². The smallest absolute Gasteiger partial charge is 0.350 e. The minimum Gasteiger partial charge on any atom is -0.350 e. The van der Waals surface area contributed by atoms with Crippen molar-refractivity contribution in [2.45, 2.75) is 13.1 Å². The van der Waals surface area contributed by atoms with Gasteiger partial charge < -0.3 is 5.32 Å². The van der Waals surface area contributed by atoms with E-state index in [1.165, 1.54) is 18.2 Å². The molecule has 3 aromatic carbocycles. The molecule has 1 aliphatic rings. The number of anilines is 2. The van der Waals surface area contributed by atoms with Crippen molar-refractivity contribution in [2.75, 3.05) is 10.2 Å². The van der Waals surface area contributed by atoms with Crippen LogP contribution in [-0.4, -0.2) is 11.8 Å². The molecule has 32 heavy (non-hydrogen) atoms. The highest BCUT2D eigenvalue weighted by Crippen LogP contribution is 2.36. The largest absolute Gasteiger partial charge is 0.416 e. The number of benzene rings is 3. The normalized spacial score (nSPS) is 14.3. The SMILES string of the molecule is Cc1ccc(N2C(=O)C(Nc3cccc(C(F)(F)F)c3)=C(c3ccccc3)C2=O)cc1Cl. The lowest BCUT2D eigenvalue weighted by atomic mass is 10.0. The zero-order valence-corrected chi connectivity index (χ0v) is 17.5. The molecule has 0 aromatic heterocycles. The van der Waals surface area contributed by atoms with Crippen LogP contribution in [0.5, 0.6) is 0 Å². The Morgan fingerprint density at radius 1 is 0.875 bits per heavy atom. The Labute approximate surface area is 186 Å². The van der Waals surface area contributed by atoms with E-state index in [0.717, 1.165) is 22.6 Å². The number of aryl methyl sites for hydroxylation is 1. The number of amides is 2. The number of carbonyl (C=O) groups excluding carboxylic acids is 2. The highest BCUT2D eigenvalue weighted by molar-refractivity contribution is 6.46. The predicted molar refractivity (Wildman–Crippen MR) is 117 cm³/mol. The summed E-state index contributed by atoms with van der Waals surface area (Å²) >= 11 is 6.18. The molecule has 162 valence electrons. The average Bonchev–Trinajstić information content (AvgIpc) is 3.00. The van der Waals surface area contributed by atoms with Gasteiger partial charge in [-0.3, -0.25) is 9.59 Å². The van der Waals surface area contributed by atoms with Crippen molar-refractivity contribution in [1.29, 1.82) is 0 Å². The number of halogens is 4. The average molecular weight is 457 g/mol. The van der Waals surface area contributed by atoms with Crippen LogP contribution in [0.15, 0.2) is 78.5 Å². The Morgan fingerprint density at radius 3 is 2.25 bits per heavy atom. The molecule has 2 amide bonds. The molecule has 0 unspecified atom stereocenters. The van der Waals surface area contributed by atoms with Crippen molar-refractivity contribution in [3.05, 3.63) is 100 Å². The summed E-state index contributed by atoms with van der Waals surface area (Å²) in [6.07, 6.45) is -4.55. The highest BCUT2D eigenvalue weighted by Gasteiger charge is 2.40. The van der Waals surface area contributed by atoms with Gasteiger partial charge >= 0.3 is 6.18 Å². The number of hydrogen-bond acceptors (Lipinski definition) is 3. The minimum absolute atomic E-state index is 0.0354. The van der Waals surface area contributed by atoms with Crippen molar-refractivity contribution in [2.24, 2.45) is 0 Å². The van der Waals surface area contributed by atoms with E-state index in [1.54, 1.807) is 49.4 Å². The van der Waals surface area contributed by atoms with Gasteiger partial charge in [0, 0.05) is 10.7 Å². The Morgan fingerprint density at radius 2 is 1.59 bits per heavy atom. The van der Waals surface area contributed by atoms with Gasteiger partial charge in [0.15, 0.2) is 0 Å². The molecule has 0 fully saturated rings. The Hall–Kier alpha value is -3.58. The van der Waals surface area contributed by atoms with E-state index in [4.69, 9.17) is 11.6 Å². The van der Waals surface area contributed by atoms with Crippen molar-refractivity contribution in [1.82, 2.24) is 0 Å². The van der Waals surface area contributed by atoms with Crippen LogP contribution in [-0.2, 0) is 15.8 Å². The molecule has 3 aromatic rings. The zero-order chi connectivity index (χ0) is 23.0. The quantitative estimate of drug-likeness (QED) is 0.485. The lowest BCUT2D eigenvalue weighted by molar-refractivity contribution is -0.137. The molecule has 0 atom stereocenters. The standard InChI is InChI=1S/C24H16ClF3N2O2/c1-14-10-11-18(13-19(14)25)30-22(31)20(15-6-3-2-4-7-15)21(23(30)32)29-17-9-5-8-16(12-17)24(26,27)28/h2-13,29H,1H3. The number of alkyl halides is 3. The fourth-order valence-electron chi connectivity index (χ4n) is 3.39. The molecule has 0 saturated carbocycles. The molecule has 0 radical (unpaired) electrons. The van der Waals surface area contributed by atoms with Gasteiger partial charge in [0.2, 0.25) is 0 Å². The van der Waals surface area contributed by atoms with Crippen LogP contribution < -0.4 is 10.2 Å². The van der Waals surface area contributed by atoms with E-state index in [2.05, 4.69) is 5.32 Å². The van der Waals surface area contributed by atoms with E-state index in [9.17, 15) is 22.8 Å². The van der Waals surface area contributed by atoms with E-state index in [1.807, 2.05) is 0 Å². The molecule has 4 nitrogen and oxygen atoms in total. The van der Waals surface area contributed by atoms with Crippen molar-refractivity contribution < 1.29 is 22.8 Å². The second kappa shape index (κ2) is 8.16. The number of carbonyl (C=O) groups is 2. The Balaban J connectivity index is 1.81. The highest BCUT2D eigenvalue weighted by atomic mass is 35.5. The first kappa shape index (κ1) is 21.6. The first-order chi connectivity index (χ1) is 15.2. The predicted octanol–water partition coefficient (Wildman–Crippen LogP) is 6.06. The number of hydrogen-bond donors (Lipinski definition) is 1. The van der Waals surface area contributed by atoms with Crippen LogP contribution in [0.4, 0.5) is 24.5 Å². The van der Waals surface area contributed by atoms with Crippen LogP contribution in [0.2, 0.25) is 5.02 Å². The molecular weight excluding hydrogens is 441 g/mol. The first-order valence-electron chi connectivity index (χ1n) is 9.56. The molecule has 0 saturated heterocycles. The van der Waals surface area contributed by atoms with Crippen molar-refractivity contribution in [3.63, 3.8) is 0 Å². The summed E-state index contributed by atoms with van der Waals surface area (Å²) in [6, 6.07) is 17.7. The fourth-order valence-corrected chi connectivity index (χ4v) is 3.57. The second-order valence-corrected chi connectivity index (χ2v) is 7.61. The van der Waals surface area contributed by atoms with Gasteiger partial charge in [-0.05, 0) is 48.4 Å². The number of imide groups is 1. The van der Waals surface area contributed by atoms with E-state index >= 15 is 0 Å². The third kappa shape index (κ3) is 3.99. The van der Waals surface area contributed by atoms with Crippen LogP contribution in [0.25, 0.3) is 5.57 Å². The fraction of sp³-hybridized carbons (Fsp3) is 0.0833. The molecule has 1 aliphatic heterocycles. The van der Waals surface area contributed by atoms with Gasteiger partial charge in [-0.25, -0.2) is 4.90 Å². The second-order valence-electron chi connectivity index (χ2n) is 7.20. The molecule has 0 spiro atoms. The van der Waals surface area contributed by atoms with Crippen molar-refractivity contribution >= 4 is 40.4 Å². The summed E-state index contributed by atoms with van der Waals surface area (Å²) in [6.45, 7) is 1.79.